The predicted octanol–water partition coefficient (Wildman–Crippen LogP) is 7.96. The van der Waals surface area contributed by atoms with E-state index in [1.165, 1.54) is 46.5 Å². The molecule has 346 valence electrons. The second kappa shape index (κ2) is 23.7. The Balaban J connectivity index is 0.000000157. The van der Waals surface area contributed by atoms with Crippen LogP contribution in [0.15, 0.2) is 109 Å². The van der Waals surface area contributed by atoms with Gasteiger partial charge in [0.05, 0.1) is 61.3 Å². The van der Waals surface area contributed by atoms with Gasteiger partial charge in [0.1, 0.15) is 23.1 Å². The zero-order valence-electron chi connectivity index (χ0n) is 38.1. The van der Waals surface area contributed by atoms with Crippen molar-refractivity contribution in [2.24, 2.45) is 5.73 Å². The highest BCUT2D eigenvalue weighted by Crippen LogP contribution is 2.31. The number of methoxy groups -OCH3 is 3. The van der Waals surface area contributed by atoms with E-state index in [1.54, 1.807) is 33.5 Å². The fourth-order valence-electron chi connectivity index (χ4n) is 8.10. The summed E-state index contributed by atoms with van der Waals surface area (Å²) < 4.78 is 27.8. The van der Waals surface area contributed by atoms with Gasteiger partial charge in [0.25, 0.3) is 0 Å². The molecule has 0 aliphatic carbocycles. The minimum atomic E-state index is -0.428. The van der Waals surface area contributed by atoms with Gasteiger partial charge >= 0.3 is 0 Å². The number of primary amides is 1. The number of amides is 1. The highest BCUT2D eigenvalue weighted by Gasteiger charge is 2.21. The summed E-state index contributed by atoms with van der Waals surface area (Å²) in [5.41, 5.74) is 18.0. The topological polar surface area (TPSA) is 188 Å². The molecule has 0 saturated heterocycles. The molecule has 0 atom stereocenters. The summed E-state index contributed by atoms with van der Waals surface area (Å²) in [7, 11) is 4.75. The molecule has 13 nitrogen and oxygen atoms in total. The average Bonchev–Trinajstić information content (AvgIpc) is 3.40. The number of aldehydes is 3. The summed E-state index contributed by atoms with van der Waals surface area (Å²) in [6, 6.07) is 35.9. The molecule has 68 heavy (non-hydrogen) atoms. The summed E-state index contributed by atoms with van der Waals surface area (Å²) >= 11 is 0. The number of nitrogens with zero attached hydrogens (tertiary/aromatic N) is 4. The van der Waals surface area contributed by atoms with Crippen molar-refractivity contribution in [3.63, 3.8) is 0 Å². The second-order valence-electron chi connectivity index (χ2n) is 15.9. The van der Waals surface area contributed by atoms with Gasteiger partial charge in [-0.3, -0.25) is 19.2 Å². The van der Waals surface area contributed by atoms with Gasteiger partial charge in [-0.05, 0) is 168 Å². The largest absolute Gasteiger partial charge is 0.496 e. The number of nitrogens with one attached hydrogen (secondary N) is 1. The number of rotatable bonds is 9. The number of halogens is 1. The Kier molecular flexibility index (Phi) is 17.1. The third-order valence-electron chi connectivity index (χ3n) is 11.8. The number of anilines is 2. The highest BCUT2D eigenvalue weighted by molar-refractivity contribution is 5.93. The van der Waals surface area contributed by atoms with Crippen LogP contribution in [0.3, 0.4) is 0 Å². The highest BCUT2D eigenvalue weighted by atomic mass is 19.1. The van der Waals surface area contributed by atoms with Crippen molar-refractivity contribution in [3.05, 3.63) is 182 Å². The summed E-state index contributed by atoms with van der Waals surface area (Å²) in [5.74, 6) is 1.21. The van der Waals surface area contributed by atoms with Crippen LogP contribution >= 0.6 is 0 Å². The van der Waals surface area contributed by atoms with Gasteiger partial charge in [-0.25, -0.2) is 4.39 Å². The van der Waals surface area contributed by atoms with Gasteiger partial charge in [0, 0.05) is 49.7 Å². The molecule has 0 aromatic heterocycles. The fourth-order valence-corrected chi connectivity index (χ4v) is 8.10. The molecule has 9 rings (SSSR count). The number of nitrogens with two attached hydrogens (primary N) is 1. The van der Waals surface area contributed by atoms with Gasteiger partial charge in [0.2, 0.25) is 5.91 Å². The first-order valence-corrected chi connectivity index (χ1v) is 21.8. The van der Waals surface area contributed by atoms with E-state index in [0.29, 0.717) is 50.6 Å². The van der Waals surface area contributed by atoms with Crippen molar-refractivity contribution in [1.82, 2.24) is 5.32 Å². The van der Waals surface area contributed by atoms with Gasteiger partial charge < -0.3 is 35.1 Å². The molecule has 0 radical (unpaired) electrons. The van der Waals surface area contributed by atoms with E-state index >= 15 is 0 Å². The lowest BCUT2D eigenvalue weighted by Crippen LogP contribution is -2.30. The molecule has 3 heterocycles. The van der Waals surface area contributed by atoms with Crippen molar-refractivity contribution in [3.8, 4) is 29.4 Å². The molecule has 0 fully saturated rings. The van der Waals surface area contributed by atoms with E-state index in [0.717, 1.165) is 99.9 Å². The number of nitriles is 2. The summed E-state index contributed by atoms with van der Waals surface area (Å²) in [6.07, 6.45) is 5.28. The molecule has 3 aliphatic rings. The first kappa shape index (κ1) is 49.1. The maximum absolute atomic E-state index is 12.1. The molecular formula is C54H51FN6O7. The third kappa shape index (κ3) is 12.3. The van der Waals surface area contributed by atoms with Crippen molar-refractivity contribution in [2.75, 3.05) is 50.8 Å². The SMILES string of the molecule is COc1cc2c(cc1C=O)CN(c1ccc(C#N)cc1)CC2.COc1cc2c(cc1C=O)CN(c1ccc(C(N)=O)cc1)CC2.COc1cc2c(cc1C=O)CNCC2.N#Cc1ccc(F)cc1. The van der Waals surface area contributed by atoms with Crippen LogP contribution in [-0.4, -0.2) is 65.7 Å². The Hall–Kier alpha value is -8.33. The molecule has 3 aliphatic heterocycles. The number of carbonyl (C=O) groups excluding carboxylic acids is 4. The maximum atomic E-state index is 12.1. The lowest BCUT2D eigenvalue weighted by atomic mass is 9.96. The van der Waals surface area contributed by atoms with E-state index < -0.39 is 5.91 Å². The standard InChI is InChI=1S/C18H18N2O3.C18H16N2O2.C11H13NO2.C7H4FN/c1-23-17-9-13-6-7-20(10-14(13)8-15(17)11-21)16-4-2-12(3-5-16)18(19)22;1-22-18-9-14-6-7-20(11-15(14)8-16(18)12-21)17-4-2-13(10-19)3-5-17;1-14-11-5-8-2-3-12-6-9(8)4-10(11)7-13;8-7-3-1-6(5-9)2-4-7/h2-5,8-9,11H,6-7,10H2,1H3,(H2,19,22);2-5,8-9,12H,6-7,11H2,1H3;4-5,7,12H,2-3,6H2,1H3;1-4H. The van der Waals surface area contributed by atoms with Crippen LogP contribution in [0.25, 0.3) is 0 Å². The third-order valence-corrected chi connectivity index (χ3v) is 11.8. The van der Waals surface area contributed by atoms with Crippen molar-refractivity contribution < 1.29 is 37.8 Å². The lowest BCUT2D eigenvalue weighted by Gasteiger charge is -2.31. The average molecular weight is 915 g/mol. The van der Waals surface area contributed by atoms with E-state index in [9.17, 15) is 23.6 Å². The van der Waals surface area contributed by atoms with Crippen molar-refractivity contribution >= 4 is 36.1 Å². The van der Waals surface area contributed by atoms with Crippen LogP contribution < -0.4 is 35.1 Å². The monoisotopic (exact) mass is 914 g/mol. The quantitative estimate of drug-likeness (QED) is 0.133. The normalized spacial score (nSPS) is 12.9. The van der Waals surface area contributed by atoms with Crippen LogP contribution in [0.1, 0.15) is 85.9 Å². The minimum Gasteiger partial charge on any atom is -0.496 e. The molecule has 14 heteroatoms. The fraction of sp³-hybridized carbons (Fsp3) is 0.222. The van der Waals surface area contributed by atoms with Crippen LogP contribution in [0, 0.1) is 28.5 Å². The first-order valence-electron chi connectivity index (χ1n) is 21.8. The van der Waals surface area contributed by atoms with Crippen LogP contribution in [0.2, 0.25) is 0 Å². The van der Waals surface area contributed by atoms with Gasteiger partial charge in [-0.1, -0.05) is 0 Å². The van der Waals surface area contributed by atoms with E-state index in [1.807, 2.05) is 78.9 Å². The molecule has 3 N–H and O–H groups in total. The smallest absolute Gasteiger partial charge is 0.248 e. The van der Waals surface area contributed by atoms with Gasteiger partial charge in [-0.15, -0.1) is 0 Å². The zero-order valence-corrected chi connectivity index (χ0v) is 38.1. The predicted molar refractivity (Wildman–Crippen MR) is 257 cm³/mol. The number of hydrogen-bond donors (Lipinski definition) is 2. The second-order valence-corrected chi connectivity index (χ2v) is 15.9. The summed E-state index contributed by atoms with van der Waals surface area (Å²) in [6.45, 7) is 5.09. The van der Waals surface area contributed by atoms with E-state index in [-0.39, 0.29) is 5.82 Å². The molecular weight excluding hydrogens is 864 g/mol. The Bertz CT molecular complexity index is 2840. The molecule has 0 saturated carbocycles. The van der Waals surface area contributed by atoms with Crippen molar-refractivity contribution in [2.45, 2.75) is 38.9 Å². The molecule has 0 unspecified atom stereocenters. The zero-order chi connectivity index (χ0) is 48.6. The number of hydrogen-bond acceptors (Lipinski definition) is 12. The molecule has 6 aromatic carbocycles. The Morgan fingerprint density at radius 2 is 0.985 bits per heavy atom. The van der Waals surface area contributed by atoms with Crippen LogP contribution in [0.4, 0.5) is 15.8 Å². The van der Waals surface area contributed by atoms with Crippen LogP contribution in [-0.2, 0) is 38.9 Å². The minimum absolute atomic E-state index is 0.311. The molecule has 0 spiro atoms. The summed E-state index contributed by atoms with van der Waals surface area (Å²) in [5, 5.41) is 20.4. The number of ether oxygens (including phenoxy) is 3. The lowest BCUT2D eigenvalue weighted by molar-refractivity contribution is 0.0999. The first-order chi connectivity index (χ1) is 33.0. The van der Waals surface area contributed by atoms with Crippen molar-refractivity contribution in [1.29, 1.82) is 10.5 Å². The van der Waals surface area contributed by atoms with Gasteiger partial charge in [-0.2, -0.15) is 10.5 Å². The molecule has 1 amide bonds. The van der Waals surface area contributed by atoms with E-state index in [2.05, 4.69) is 21.2 Å². The van der Waals surface area contributed by atoms with Gasteiger partial charge in [0.15, 0.2) is 18.9 Å². The molecule has 0 bridgehead atoms. The number of fused-ring (bicyclic) bond motifs is 3. The molecule has 6 aromatic rings. The number of benzene rings is 6. The maximum Gasteiger partial charge on any atom is 0.248 e. The number of carbonyl (C=O) groups is 4. The Morgan fingerprint density at radius 3 is 1.38 bits per heavy atom. The van der Waals surface area contributed by atoms with E-state index in [4.69, 9.17) is 30.5 Å². The van der Waals surface area contributed by atoms with Crippen LogP contribution in [0.5, 0.6) is 17.2 Å². The Labute approximate surface area is 395 Å². The summed E-state index contributed by atoms with van der Waals surface area (Å²) in [4.78, 5) is 48.7. The Morgan fingerprint density at radius 1 is 0.588 bits per heavy atom.